The van der Waals surface area contributed by atoms with Crippen LogP contribution in [-0.2, 0) is 9.47 Å². The molecule has 1 rings (SSSR count). The summed E-state index contributed by atoms with van der Waals surface area (Å²) in [5.74, 6) is 0.413. The Balaban J connectivity index is 2.23. The van der Waals surface area contributed by atoms with Crippen molar-refractivity contribution in [3.8, 4) is 0 Å². The van der Waals surface area contributed by atoms with Crippen LogP contribution in [0.4, 0.5) is 4.79 Å². The highest BCUT2D eigenvalue weighted by atomic mass is 16.9. The number of allylic oxidation sites excluding steroid dienone is 1. The molecule has 0 amide bonds. The summed E-state index contributed by atoms with van der Waals surface area (Å²) in [7, 11) is 0. The van der Waals surface area contributed by atoms with Crippen LogP contribution in [0.25, 0.3) is 0 Å². The lowest BCUT2D eigenvalue weighted by Gasteiger charge is -2.18. The minimum atomic E-state index is -0.583. The number of cyclic esters (lactones) is 2. The normalized spacial score (nSPS) is 14.8. The molecule has 0 radical (unpaired) electrons. The number of ether oxygens (including phenoxy) is 2. The van der Waals surface area contributed by atoms with Gasteiger partial charge >= 0.3 is 6.16 Å². The first-order valence-corrected chi connectivity index (χ1v) is 4.33. The van der Waals surface area contributed by atoms with Crippen LogP contribution in [0, 0.1) is 0 Å². The maximum atomic E-state index is 10.3. The topological polar surface area (TPSA) is 35.5 Å². The molecule has 0 aromatic heterocycles. The van der Waals surface area contributed by atoms with Crippen molar-refractivity contribution in [3.63, 3.8) is 0 Å². The first-order valence-electron chi connectivity index (χ1n) is 4.33. The maximum absolute atomic E-state index is 10.3. The van der Waals surface area contributed by atoms with Crippen LogP contribution in [0.15, 0.2) is 11.5 Å². The molecular formula is C9H14O3. The van der Waals surface area contributed by atoms with Crippen molar-refractivity contribution in [2.45, 2.75) is 39.5 Å². The van der Waals surface area contributed by atoms with Gasteiger partial charge in [0.15, 0.2) is 0 Å². The second-order valence-corrected chi connectivity index (χ2v) is 2.98. The van der Waals surface area contributed by atoms with E-state index in [0.29, 0.717) is 5.95 Å². The molecule has 0 bridgehead atoms. The minimum Gasteiger partial charge on any atom is -0.360 e. The number of carbonyl (C=O) groups is 1. The molecule has 0 N–H and O–H groups in total. The number of unbranched alkanes of at least 4 members (excludes halogenated alkanes) is 2. The Morgan fingerprint density at radius 2 is 2.00 bits per heavy atom. The smallest absolute Gasteiger partial charge is 0.360 e. The molecule has 0 unspecified atom stereocenters. The summed E-state index contributed by atoms with van der Waals surface area (Å²) in [5.41, 5.74) is 1.03. The fourth-order valence-corrected chi connectivity index (χ4v) is 1.08. The number of rotatable bonds is 4. The van der Waals surface area contributed by atoms with E-state index >= 15 is 0 Å². The molecule has 1 heterocycles. The lowest BCUT2D eigenvalue weighted by molar-refractivity contribution is -0.0293. The molecule has 68 valence electrons. The van der Waals surface area contributed by atoms with Crippen LogP contribution < -0.4 is 0 Å². The van der Waals surface area contributed by atoms with Crippen molar-refractivity contribution in [3.05, 3.63) is 11.5 Å². The fraction of sp³-hybridized carbons (Fsp3) is 0.667. The van der Waals surface area contributed by atoms with E-state index in [-0.39, 0.29) is 0 Å². The van der Waals surface area contributed by atoms with Gasteiger partial charge in [-0.2, -0.15) is 0 Å². The Kier molecular flexibility index (Phi) is 3.14. The standard InChI is InChI=1S/C9H14O3/c1-3-4-5-6-7(2)8-11-9(10)12-8/h3-6H2,1-2H3. The summed E-state index contributed by atoms with van der Waals surface area (Å²) < 4.78 is 9.30. The Hall–Kier alpha value is -0.990. The van der Waals surface area contributed by atoms with E-state index in [0.717, 1.165) is 18.4 Å². The predicted molar refractivity (Wildman–Crippen MR) is 44.4 cm³/mol. The van der Waals surface area contributed by atoms with Gasteiger partial charge < -0.3 is 9.47 Å². The van der Waals surface area contributed by atoms with Gasteiger partial charge in [0, 0.05) is 5.57 Å². The summed E-state index contributed by atoms with van der Waals surface area (Å²) >= 11 is 0. The van der Waals surface area contributed by atoms with Crippen LogP contribution in [0.2, 0.25) is 0 Å². The molecule has 1 aliphatic rings. The third-order valence-corrected chi connectivity index (χ3v) is 1.86. The van der Waals surface area contributed by atoms with Crippen LogP contribution in [0.5, 0.6) is 0 Å². The van der Waals surface area contributed by atoms with Crippen molar-refractivity contribution < 1.29 is 14.3 Å². The van der Waals surface area contributed by atoms with E-state index < -0.39 is 6.16 Å². The van der Waals surface area contributed by atoms with E-state index in [4.69, 9.17) is 0 Å². The highest BCUT2D eigenvalue weighted by Gasteiger charge is 2.26. The summed E-state index contributed by atoms with van der Waals surface area (Å²) in [6.07, 6.45) is 3.91. The molecule has 1 fully saturated rings. The number of carbonyl (C=O) groups excluding carboxylic acids is 1. The quantitative estimate of drug-likeness (QED) is 0.480. The molecule has 0 atom stereocenters. The zero-order valence-corrected chi connectivity index (χ0v) is 7.55. The van der Waals surface area contributed by atoms with E-state index in [2.05, 4.69) is 16.4 Å². The van der Waals surface area contributed by atoms with Gasteiger partial charge in [0.05, 0.1) is 0 Å². The SMILES string of the molecule is CCCCCC(C)=C1OC(=O)O1. The Morgan fingerprint density at radius 1 is 1.33 bits per heavy atom. The first kappa shape index (κ1) is 9.10. The van der Waals surface area contributed by atoms with Gasteiger partial charge in [-0.15, -0.1) is 0 Å². The van der Waals surface area contributed by atoms with Gasteiger partial charge in [-0.25, -0.2) is 4.79 Å². The highest BCUT2D eigenvalue weighted by molar-refractivity contribution is 5.68. The summed E-state index contributed by atoms with van der Waals surface area (Å²) in [4.78, 5) is 10.3. The third kappa shape index (κ3) is 2.26. The summed E-state index contributed by atoms with van der Waals surface area (Å²) in [6, 6.07) is 0. The molecule has 3 nitrogen and oxygen atoms in total. The van der Waals surface area contributed by atoms with Gasteiger partial charge in [-0.05, 0) is 19.8 Å². The molecular weight excluding hydrogens is 156 g/mol. The first-order chi connectivity index (χ1) is 5.74. The molecule has 0 aromatic rings. The zero-order chi connectivity index (χ0) is 8.97. The van der Waals surface area contributed by atoms with Crippen molar-refractivity contribution >= 4 is 6.16 Å². The molecule has 1 aliphatic heterocycles. The average Bonchev–Trinajstić information content (AvgIpc) is 1.99. The van der Waals surface area contributed by atoms with Crippen molar-refractivity contribution in [1.82, 2.24) is 0 Å². The van der Waals surface area contributed by atoms with Crippen molar-refractivity contribution in [2.24, 2.45) is 0 Å². The minimum absolute atomic E-state index is 0.413. The van der Waals surface area contributed by atoms with Gasteiger partial charge in [-0.3, -0.25) is 0 Å². The van der Waals surface area contributed by atoms with Crippen LogP contribution in [0.1, 0.15) is 39.5 Å². The van der Waals surface area contributed by atoms with Crippen molar-refractivity contribution in [2.75, 3.05) is 0 Å². The average molecular weight is 170 g/mol. The van der Waals surface area contributed by atoms with Gasteiger partial charge in [0.2, 0.25) is 0 Å². The Labute approximate surface area is 72.4 Å². The van der Waals surface area contributed by atoms with Crippen LogP contribution in [0.3, 0.4) is 0 Å². The van der Waals surface area contributed by atoms with E-state index in [9.17, 15) is 4.79 Å². The second kappa shape index (κ2) is 4.14. The van der Waals surface area contributed by atoms with E-state index in [1.807, 2.05) is 6.92 Å². The van der Waals surface area contributed by atoms with Gasteiger partial charge in [0.25, 0.3) is 5.95 Å². The predicted octanol–water partition coefficient (Wildman–Crippen LogP) is 2.97. The Morgan fingerprint density at radius 3 is 2.50 bits per heavy atom. The second-order valence-electron chi connectivity index (χ2n) is 2.98. The largest absolute Gasteiger partial charge is 0.524 e. The van der Waals surface area contributed by atoms with Gasteiger partial charge in [-0.1, -0.05) is 19.8 Å². The monoisotopic (exact) mass is 170 g/mol. The molecule has 0 saturated carbocycles. The molecule has 12 heavy (non-hydrogen) atoms. The lowest BCUT2D eigenvalue weighted by Crippen LogP contribution is -2.21. The number of hydrogen-bond acceptors (Lipinski definition) is 3. The van der Waals surface area contributed by atoms with E-state index in [1.54, 1.807) is 0 Å². The van der Waals surface area contributed by atoms with Crippen LogP contribution >= 0.6 is 0 Å². The molecule has 0 aliphatic carbocycles. The van der Waals surface area contributed by atoms with Crippen LogP contribution in [-0.4, -0.2) is 6.16 Å². The molecule has 3 heteroatoms. The fourth-order valence-electron chi connectivity index (χ4n) is 1.08. The maximum Gasteiger partial charge on any atom is 0.524 e. The summed E-state index contributed by atoms with van der Waals surface area (Å²) in [5, 5.41) is 0. The number of hydrogen-bond donors (Lipinski definition) is 0. The summed E-state index contributed by atoms with van der Waals surface area (Å²) in [6.45, 7) is 4.08. The van der Waals surface area contributed by atoms with Crippen molar-refractivity contribution in [1.29, 1.82) is 0 Å². The lowest BCUT2D eigenvalue weighted by atomic mass is 10.1. The molecule has 0 spiro atoms. The zero-order valence-electron chi connectivity index (χ0n) is 7.55. The van der Waals surface area contributed by atoms with Gasteiger partial charge in [0.1, 0.15) is 0 Å². The molecule has 1 saturated heterocycles. The van der Waals surface area contributed by atoms with E-state index in [1.165, 1.54) is 12.8 Å². The highest BCUT2D eigenvalue weighted by Crippen LogP contribution is 2.22. The Bertz CT molecular complexity index is 196. The molecule has 0 aromatic carbocycles. The third-order valence-electron chi connectivity index (χ3n) is 1.86.